The number of hydrogen-bond acceptors (Lipinski definition) is 4. The van der Waals surface area contributed by atoms with Crippen LogP contribution in [0.3, 0.4) is 0 Å². The zero-order valence-corrected chi connectivity index (χ0v) is 9.00. The molecule has 3 nitrogen and oxygen atoms in total. The molecular weight excluding hydrogens is 208 g/mol. The molecule has 0 bridgehead atoms. The van der Waals surface area contributed by atoms with Crippen molar-refractivity contribution in [3.8, 4) is 5.75 Å². The van der Waals surface area contributed by atoms with Crippen molar-refractivity contribution in [1.29, 1.82) is 0 Å². The SMILES string of the molecule is Oc1ccccc1CNCc1nccs1. The van der Waals surface area contributed by atoms with Crippen LogP contribution in [-0.2, 0) is 13.1 Å². The molecule has 2 N–H and O–H groups in total. The van der Waals surface area contributed by atoms with Gasteiger partial charge in [0.2, 0.25) is 0 Å². The molecule has 2 aromatic rings. The summed E-state index contributed by atoms with van der Waals surface area (Å²) in [7, 11) is 0. The van der Waals surface area contributed by atoms with Crippen LogP contribution in [0.5, 0.6) is 5.75 Å². The maximum absolute atomic E-state index is 9.51. The van der Waals surface area contributed by atoms with Crippen LogP contribution in [0.25, 0.3) is 0 Å². The Hall–Kier alpha value is -1.39. The zero-order chi connectivity index (χ0) is 10.5. The maximum atomic E-state index is 9.51. The van der Waals surface area contributed by atoms with Gasteiger partial charge in [-0.2, -0.15) is 0 Å². The molecule has 0 amide bonds. The number of phenols is 1. The Bertz CT molecular complexity index is 414. The molecule has 0 unspecified atom stereocenters. The zero-order valence-electron chi connectivity index (χ0n) is 8.18. The van der Waals surface area contributed by atoms with Crippen molar-refractivity contribution in [2.75, 3.05) is 0 Å². The Labute approximate surface area is 92.4 Å². The summed E-state index contributed by atoms with van der Waals surface area (Å²) in [4.78, 5) is 4.16. The summed E-state index contributed by atoms with van der Waals surface area (Å²) in [5.41, 5.74) is 0.911. The van der Waals surface area contributed by atoms with Gasteiger partial charge in [0, 0.05) is 30.2 Å². The lowest BCUT2D eigenvalue weighted by Gasteiger charge is -2.04. The molecule has 2 rings (SSSR count). The van der Waals surface area contributed by atoms with E-state index in [9.17, 15) is 5.11 Å². The number of nitrogens with zero attached hydrogens (tertiary/aromatic N) is 1. The Morgan fingerprint density at radius 2 is 2.13 bits per heavy atom. The van der Waals surface area contributed by atoms with Crippen molar-refractivity contribution < 1.29 is 5.11 Å². The van der Waals surface area contributed by atoms with E-state index in [4.69, 9.17) is 0 Å². The number of rotatable bonds is 4. The maximum Gasteiger partial charge on any atom is 0.120 e. The third kappa shape index (κ3) is 2.78. The van der Waals surface area contributed by atoms with Crippen LogP contribution in [0.15, 0.2) is 35.8 Å². The highest BCUT2D eigenvalue weighted by Gasteiger charge is 1.99. The molecule has 15 heavy (non-hydrogen) atoms. The normalized spacial score (nSPS) is 10.4. The van der Waals surface area contributed by atoms with Gasteiger partial charge in [-0.1, -0.05) is 18.2 Å². The lowest BCUT2D eigenvalue weighted by Crippen LogP contribution is -2.12. The number of para-hydroxylation sites is 1. The van der Waals surface area contributed by atoms with Gasteiger partial charge in [-0.3, -0.25) is 0 Å². The average molecular weight is 220 g/mol. The fraction of sp³-hybridized carbons (Fsp3) is 0.182. The number of benzene rings is 1. The first-order valence-corrected chi connectivity index (χ1v) is 5.60. The standard InChI is InChI=1S/C11H12N2OS/c14-10-4-2-1-3-9(10)7-12-8-11-13-5-6-15-11/h1-6,12,14H,7-8H2. The predicted octanol–water partition coefficient (Wildman–Crippen LogP) is 2.14. The first-order chi connectivity index (χ1) is 7.36. The number of nitrogens with one attached hydrogen (secondary N) is 1. The van der Waals surface area contributed by atoms with E-state index < -0.39 is 0 Å². The number of phenolic OH excluding ortho intramolecular Hbond substituents is 1. The topological polar surface area (TPSA) is 45.1 Å². The van der Waals surface area contributed by atoms with Crippen molar-refractivity contribution in [3.05, 3.63) is 46.4 Å². The highest BCUT2D eigenvalue weighted by atomic mass is 32.1. The van der Waals surface area contributed by atoms with Gasteiger partial charge < -0.3 is 10.4 Å². The smallest absolute Gasteiger partial charge is 0.120 e. The number of hydrogen-bond donors (Lipinski definition) is 2. The Balaban J connectivity index is 1.86. The van der Waals surface area contributed by atoms with Crippen molar-refractivity contribution in [1.82, 2.24) is 10.3 Å². The van der Waals surface area contributed by atoms with Gasteiger partial charge >= 0.3 is 0 Å². The number of aromatic nitrogens is 1. The van der Waals surface area contributed by atoms with E-state index in [1.54, 1.807) is 23.6 Å². The van der Waals surface area contributed by atoms with E-state index in [0.29, 0.717) is 12.3 Å². The van der Waals surface area contributed by atoms with Crippen LogP contribution >= 0.6 is 11.3 Å². The van der Waals surface area contributed by atoms with Gasteiger partial charge in [0.1, 0.15) is 10.8 Å². The second-order valence-electron chi connectivity index (χ2n) is 3.16. The third-order valence-corrected chi connectivity index (χ3v) is 2.85. The van der Waals surface area contributed by atoms with Crippen molar-refractivity contribution >= 4 is 11.3 Å². The largest absolute Gasteiger partial charge is 0.508 e. The molecule has 0 aliphatic rings. The molecule has 4 heteroatoms. The minimum absolute atomic E-state index is 0.337. The van der Waals surface area contributed by atoms with Crippen molar-refractivity contribution in [2.45, 2.75) is 13.1 Å². The molecular formula is C11H12N2OS. The van der Waals surface area contributed by atoms with Gasteiger partial charge in [-0.15, -0.1) is 11.3 Å². The minimum Gasteiger partial charge on any atom is -0.508 e. The van der Waals surface area contributed by atoms with Gasteiger partial charge in [0.25, 0.3) is 0 Å². The van der Waals surface area contributed by atoms with Crippen LogP contribution in [0.2, 0.25) is 0 Å². The molecule has 78 valence electrons. The van der Waals surface area contributed by atoms with Gasteiger partial charge in [-0.05, 0) is 6.07 Å². The number of thiazole rings is 1. The van der Waals surface area contributed by atoms with Crippen molar-refractivity contribution in [2.24, 2.45) is 0 Å². The highest BCUT2D eigenvalue weighted by molar-refractivity contribution is 7.09. The summed E-state index contributed by atoms with van der Waals surface area (Å²) >= 11 is 1.63. The second kappa shape index (κ2) is 4.91. The average Bonchev–Trinajstić information content (AvgIpc) is 2.74. The number of aromatic hydroxyl groups is 1. The second-order valence-corrected chi connectivity index (χ2v) is 4.14. The molecule has 0 saturated heterocycles. The van der Waals surface area contributed by atoms with Crippen LogP contribution in [0.4, 0.5) is 0 Å². The summed E-state index contributed by atoms with van der Waals surface area (Å²) < 4.78 is 0. The lowest BCUT2D eigenvalue weighted by molar-refractivity contribution is 0.464. The summed E-state index contributed by atoms with van der Waals surface area (Å²) in [5, 5.41) is 15.8. The minimum atomic E-state index is 0.337. The first kappa shape index (κ1) is 10.1. The molecule has 1 aromatic heterocycles. The molecule has 1 aromatic carbocycles. The van der Waals surface area contributed by atoms with Crippen LogP contribution in [0, 0.1) is 0 Å². The lowest BCUT2D eigenvalue weighted by atomic mass is 10.2. The van der Waals surface area contributed by atoms with Crippen LogP contribution in [0.1, 0.15) is 10.6 Å². The summed E-state index contributed by atoms with van der Waals surface area (Å²) in [6.07, 6.45) is 1.79. The predicted molar refractivity (Wildman–Crippen MR) is 60.8 cm³/mol. The molecule has 0 aliphatic heterocycles. The Morgan fingerprint density at radius 1 is 1.27 bits per heavy atom. The van der Waals surface area contributed by atoms with E-state index in [1.807, 2.05) is 23.6 Å². The monoisotopic (exact) mass is 220 g/mol. The quantitative estimate of drug-likeness (QED) is 0.829. The van der Waals surface area contributed by atoms with Crippen LogP contribution in [-0.4, -0.2) is 10.1 Å². The van der Waals surface area contributed by atoms with E-state index >= 15 is 0 Å². The Morgan fingerprint density at radius 3 is 2.87 bits per heavy atom. The van der Waals surface area contributed by atoms with Gasteiger partial charge in [0.05, 0.1) is 0 Å². The van der Waals surface area contributed by atoms with Crippen molar-refractivity contribution in [3.63, 3.8) is 0 Å². The summed E-state index contributed by atoms with van der Waals surface area (Å²) in [5.74, 6) is 0.337. The molecule has 0 aliphatic carbocycles. The third-order valence-electron chi connectivity index (χ3n) is 2.07. The van der Waals surface area contributed by atoms with E-state index in [0.717, 1.165) is 17.1 Å². The van der Waals surface area contributed by atoms with E-state index in [1.165, 1.54) is 0 Å². The molecule has 0 radical (unpaired) electrons. The molecule has 0 atom stereocenters. The van der Waals surface area contributed by atoms with Crippen LogP contribution < -0.4 is 5.32 Å². The first-order valence-electron chi connectivity index (χ1n) is 4.72. The van der Waals surface area contributed by atoms with Gasteiger partial charge in [-0.25, -0.2) is 4.98 Å². The molecule has 0 saturated carbocycles. The van der Waals surface area contributed by atoms with Gasteiger partial charge in [0.15, 0.2) is 0 Å². The molecule has 0 spiro atoms. The summed E-state index contributed by atoms with van der Waals surface area (Å²) in [6, 6.07) is 7.34. The molecule has 0 fully saturated rings. The molecule has 1 heterocycles. The highest BCUT2D eigenvalue weighted by Crippen LogP contribution is 2.15. The Kier molecular flexibility index (Phi) is 3.32. The van der Waals surface area contributed by atoms with E-state index in [2.05, 4.69) is 10.3 Å². The fourth-order valence-electron chi connectivity index (χ4n) is 1.30. The van der Waals surface area contributed by atoms with E-state index in [-0.39, 0.29) is 0 Å². The summed E-state index contributed by atoms with van der Waals surface area (Å²) in [6.45, 7) is 1.40. The fourth-order valence-corrected chi connectivity index (χ4v) is 1.89.